The number of amidine groups is 1. The Morgan fingerprint density at radius 1 is 0.886 bits per heavy atom. The average Bonchev–Trinajstić information content (AvgIpc) is 3.53. The Balaban J connectivity index is 1.48. The highest BCUT2D eigenvalue weighted by Crippen LogP contribution is 2.42. The Morgan fingerprint density at radius 2 is 1.54 bits per heavy atom. The summed E-state index contributed by atoms with van der Waals surface area (Å²) in [6.07, 6.45) is 16.2. The highest BCUT2D eigenvalue weighted by molar-refractivity contribution is 8.18. The van der Waals surface area contributed by atoms with Crippen molar-refractivity contribution < 1.29 is 14.3 Å². The van der Waals surface area contributed by atoms with Gasteiger partial charge < -0.3 is 14.4 Å². The standard InChI is InChI=1S/C28H39N3O3S/c1-33-24-19-23(30-15-9-10-16-30)25(34-2)17-20(24)18-26-27(32)31(22-13-7-4-8-14-22)28(35-26)29-21-11-5-3-6-12-21/h17-19,21-22H,3-16H2,1-2H3/b26-18-,29-28?. The van der Waals surface area contributed by atoms with Gasteiger partial charge in [0.2, 0.25) is 0 Å². The molecule has 2 heterocycles. The fourth-order valence-electron chi connectivity index (χ4n) is 5.97. The molecule has 0 atom stereocenters. The molecule has 35 heavy (non-hydrogen) atoms. The molecule has 0 N–H and O–H groups in total. The minimum absolute atomic E-state index is 0.0982. The van der Waals surface area contributed by atoms with Gasteiger partial charge in [-0.05, 0) is 62.4 Å². The highest BCUT2D eigenvalue weighted by Gasteiger charge is 2.39. The SMILES string of the molecule is COc1cc(N2CCCC2)c(OC)cc1/C=C1\SC(=NC2CCCCC2)N(C2CCCCC2)C1=O. The van der Waals surface area contributed by atoms with Gasteiger partial charge in [-0.15, -0.1) is 0 Å². The Hall–Kier alpha value is -2.15. The van der Waals surface area contributed by atoms with E-state index in [0.717, 1.165) is 71.6 Å². The lowest BCUT2D eigenvalue weighted by Crippen LogP contribution is -2.41. The molecule has 2 aliphatic carbocycles. The Labute approximate surface area is 214 Å². The lowest BCUT2D eigenvalue weighted by atomic mass is 9.94. The Morgan fingerprint density at radius 3 is 2.20 bits per heavy atom. The van der Waals surface area contributed by atoms with E-state index >= 15 is 0 Å². The van der Waals surface area contributed by atoms with E-state index in [2.05, 4.69) is 11.0 Å². The predicted molar refractivity (Wildman–Crippen MR) is 145 cm³/mol. The molecule has 0 unspecified atom stereocenters. The molecule has 2 aliphatic heterocycles. The summed E-state index contributed by atoms with van der Waals surface area (Å²) in [7, 11) is 3.42. The van der Waals surface area contributed by atoms with Gasteiger partial charge in [0.1, 0.15) is 11.5 Å². The van der Waals surface area contributed by atoms with E-state index < -0.39 is 0 Å². The number of thioether (sulfide) groups is 1. The fraction of sp³-hybridized carbons (Fsp3) is 0.643. The van der Waals surface area contributed by atoms with Crippen molar-refractivity contribution >= 4 is 34.6 Å². The number of rotatable bonds is 6. The molecule has 5 rings (SSSR count). The topological polar surface area (TPSA) is 54.4 Å². The minimum Gasteiger partial charge on any atom is -0.496 e. The monoisotopic (exact) mass is 497 g/mol. The van der Waals surface area contributed by atoms with Gasteiger partial charge in [-0.25, -0.2) is 0 Å². The zero-order chi connectivity index (χ0) is 24.2. The summed E-state index contributed by atoms with van der Waals surface area (Å²) in [4.78, 5) is 24.0. The van der Waals surface area contributed by atoms with Gasteiger partial charge in [-0.2, -0.15) is 0 Å². The van der Waals surface area contributed by atoms with Crippen LogP contribution >= 0.6 is 11.8 Å². The first-order valence-corrected chi connectivity index (χ1v) is 14.3. The number of hydrogen-bond acceptors (Lipinski definition) is 6. The zero-order valence-corrected chi connectivity index (χ0v) is 22.1. The van der Waals surface area contributed by atoms with Crippen molar-refractivity contribution in [1.29, 1.82) is 0 Å². The van der Waals surface area contributed by atoms with Gasteiger partial charge in [0, 0.05) is 30.8 Å². The molecule has 4 fully saturated rings. The van der Waals surface area contributed by atoms with E-state index in [1.54, 1.807) is 26.0 Å². The maximum atomic E-state index is 13.8. The molecule has 0 aromatic heterocycles. The van der Waals surface area contributed by atoms with Gasteiger partial charge in [-0.1, -0.05) is 38.5 Å². The number of benzene rings is 1. The van der Waals surface area contributed by atoms with Crippen molar-refractivity contribution in [3.63, 3.8) is 0 Å². The summed E-state index contributed by atoms with van der Waals surface area (Å²) in [6.45, 7) is 2.07. The van der Waals surface area contributed by atoms with Crippen molar-refractivity contribution in [3.8, 4) is 11.5 Å². The first kappa shape index (κ1) is 24.5. The molecule has 4 aliphatic rings. The van der Waals surface area contributed by atoms with E-state index in [4.69, 9.17) is 14.5 Å². The molecule has 2 saturated carbocycles. The van der Waals surface area contributed by atoms with Crippen molar-refractivity contribution in [3.05, 3.63) is 22.6 Å². The summed E-state index contributed by atoms with van der Waals surface area (Å²) in [5.41, 5.74) is 1.95. The molecule has 1 aromatic carbocycles. The summed E-state index contributed by atoms with van der Waals surface area (Å²) >= 11 is 1.55. The fourth-order valence-corrected chi connectivity index (χ4v) is 7.07. The molecule has 0 radical (unpaired) electrons. The number of amides is 1. The molecule has 7 heteroatoms. The van der Waals surface area contributed by atoms with Crippen LogP contribution in [0.4, 0.5) is 5.69 Å². The Bertz CT molecular complexity index is 974. The number of nitrogens with zero attached hydrogens (tertiary/aromatic N) is 3. The molecular weight excluding hydrogens is 458 g/mol. The van der Waals surface area contributed by atoms with Crippen molar-refractivity contribution in [2.75, 3.05) is 32.2 Å². The van der Waals surface area contributed by atoms with E-state index in [-0.39, 0.29) is 11.9 Å². The Kier molecular flexibility index (Phi) is 7.91. The molecular formula is C28H39N3O3S. The number of aliphatic imine (C=N–C) groups is 1. The number of anilines is 1. The van der Waals surface area contributed by atoms with Gasteiger partial charge in [-0.3, -0.25) is 14.7 Å². The van der Waals surface area contributed by atoms with E-state index in [1.165, 1.54) is 51.4 Å². The molecule has 2 saturated heterocycles. The maximum Gasteiger partial charge on any atom is 0.267 e. The van der Waals surface area contributed by atoms with Gasteiger partial charge in [0.25, 0.3) is 5.91 Å². The largest absolute Gasteiger partial charge is 0.496 e. The lowest BCUT2D eigenvalue weighted by molar-refractivity contribution is -0.124. The third-order valence-electron chi connectivity index (χ3n) is 7.91. The number of hydrogen-bond donors (Lipinski definition) is 0. The van der Waals surface area contributed by atoms with Gasteiger partial charge >= 0.3 is 0 Å². The van der Waals surface area contributed by atoms with Crippen LogP contribution in [0.2, 0.25) is 0 Å². The van der Waals surface area contributed by atoms with Crippen LogP contribution in [-0.2, 0) is 4.79 Å². The van der Waals surface area contributed by atoms with E-state index in [0.29, 0.717) is 6.04 Å². The van der Waals surface area contributed by atoms with E-state index in [9.17, 15) is 4.79 Å². The van der Waals surface area contributed by atoms with Crippen molar-refractivity contribution in [1.82, 2.24) is 4.90 Å². The number of ether oxygens (including phenoxy) is 2. The zero-order valence-electron chi connectivity index (χ0n) is 21.3. The summed E-state index contributed by atoms with van der Waals surface area (Å²) in [6, 6.07) is 4.70. The van der Waals surface area contributed by atoms with Crippen molar-refractivity contribution in [2.24, 2.45) is 4.99 Å². The predicted octanol–water partition coefficient (Wildman–Crippen LogP) is 6.24. The second-order valence-corrected chi connectivity index (χ2v) is 11.3. The summed E-state index contributed by atoms with van der Waals surface area (Å²) in [5, 5.41) is 0.916. The van der Waals surface area contributed by atoms with Crippen LogP contribution in [0.1, 0.15) is 82.6 Å². The first-order chi connectivity index (χ1) is 17.2. The number of carbonyl (C=O) groups excluding carboxylic acids is 1. The molecule has 190 valence electrons. The molecule has 0 bridgehead atoms. The third-order valence-corrected chi connectivity index (χ3v) is 8.91. The molecule has 1 aromatic rings. The van der Waals surface area contributed by atoms with Crippen LogP contribution in [-0.4, -0.2) is 55.4 Å². The second kappa shape index (κ2) is 11.3. The third kappa shape index (κ3) is 5.35. The average molecular weight is 498 g/mol. The van der Waals surface area contributed by atoms with Crippen LogP contribution in [0.5, 0.6) is 11.5 Å². The van der Waals surface area contributed by atoms with E-state index in [1.807, 2.05) is 17.0 Å². The lowest BCUT2D eigenvalue weighted by Gasteiger charge is -2.31. The molecule has 1 amide bonds. The highest BCUT2D eigenvalue weighted by atomic mass is 32.2. The van der Waals surface area contributed by atoms with Gasteiger partial charge in [0.05, 0.1) is 30.9 Å². The summed E-state index contributed by atoms with van der Waals surface area (Å²) in [5.74, 6) is 1.70. The minimum atomic E-state index is 0.0982. The normalized spacial score (nSPS) is 24.7. The summed E-state index contributed by atoms with van der Waals surface area (Å²) < 4.78 is 11.6. The quantitative estimate of drug-likeness (QED) is 0.435. The number of carbonyl (C=O) groups is 1. The first-order valence-electron chi connectivity index (χ1n) is 13.5. The van der Waals surface area contributed by atoms with Crippen LogP contribution in [0.15, 0.2) is 22.0 Å². The maximum absolute atomic E-state index is 13.8. The van der Waals surface area contributed by atoms with Crippen LogP contribution in [0.3, 0.4) is 0 Å². The second-order valence-electron chi connectivity index (χ2n) is 10.2. The van der Waals surface area contributed by atoms with Crippen molar-refractivity contribution in [2.45, 2.75) is 89.1 Å². The van der Waals surface area contributed by atoms with Crippen LogP contribution < -0.4 is 14.4 Å². The van der Waals surface area contributed by atoms with Crippen LogP contribution in [0.25, 0.3) is 6.08 Å². The van der Waals surface area contributed by atoms with Gasteiger partial charge in [0.15, 0.2) is 5.17 Å². The van der Waals surface area contributed by atoms with Crippen LogP contribution in [0, 0.1) is 0 Å². The smallest absolute Gasteiger partial charge is 0.267 e. The number of methoxy groups -OCH3 is 2. The molecule has 6 nitrogen and oxygen atoms in total. The molecule has 0 spiro atoms.